The first-order valence-electron chi connectivity index (χ1n) is 11.5. The van der Waals surface area contributed by atoms with Crippen LogP contribution in [-0.2, 0) is 14.4 Å². The number of likely N-dealkylation sites (tertiary alicyclic amines) is 1. The molecule has 174 valence electrons. The largest absolute Gasteiger partial charge is 0.492 e. The van der Waals surface area contributed by atoms with Crippen molar-refractivity contribution in [3.05, 3.63) is 48.2 Å². The standard InChI is InChI=1S/C25H30N4O4/c1-3-33-21-11-5-4-10-20(21)29-16-19(14-22(29)30)25(32)28-13-7-9-18(15-28)24(31)27-23-17(2)8-6-12-26-23/h4-6,8,10-12,18-19H,3,7,9,13-16H2,1-2H3,(H,26,27,31). The topological polar surface area (TPSA) is 91.8 Å². The molecule has 2 aromatic rings. The zero-order chi connectivity index (χ0) is 23.4. The first-order valence-corrected chi connectivity index (χ1v) is 11.5. The molecule has 0 aliphatic carbocycles. The van der Waals surface area contributed by atoms with Crippen LogP contribution < -0.4 is 15.0 Å². The number of nitrogens with one attached hydrogen (secondary N) is 1. The number of piperidine rings is 1. The number of hydrogen-bond donors (Lipinski definition) is 1. The number of pyridine rings is 1. The molecule has 1 aromatic heterocycles. The van der Waals surface area contributed by atoms with Gasteiger partial charge in [-0.2, -0.15) is 0 Å². The molecule has 2 saturated heterocycles. The minimum absolute atomic E-state index is 0.0637. The van der Waals surface area contributed by atoms with Gasteiger partial charge in [-0.05, 0) is 50.5 Å². The molecule has 3 amide bonds. The van der Waals surface area contributed by atoms with Crippen molar-refractivity contribution in [1.82, 2.24) is 9.88 Å². The van der Waals surface area contributed by atoms with Crippen molar-refractivity contribution < 1.29 is 19.1 Å². The number of amides is 3. The van der Waals surface area contributed by atoms with Crippen molar-refractivity contribution in [1.29, 1.82) is 0 Å². The number of aromatic nitrogens is 1. The Hall–Kier alpha value is -3.42. The monoisotopic (exact) mass is 450 g/mol. The summed E-state index contributed by atoms with van der Waals surface area (Å²) in [5, 5.41) is 2.90. The SMILES string of the molecule is CCOc1ccccc1N1CC(C(=O)N2CCCC(C(=O)Nc3ncccc3C)C2)CC1=O. The van der Waals surface area contributed by atoms with Gasteiger partial charge < -0.3 is 19.9 Å². The maximum atomic E-state index is 13.3. The average molecular weight is 451 g/mol. The lowest BCUT2D eigenvalue weighted by atomic mass is 9.95. The molecule has 2 aliphatic heterocycles. The fourth-order valence-corrected chi connectivity index (χ4v) is 4.55. The number of para-hydroxylation sites is 2. The van der Waals surface area contributed by atoms with E-state index in [0.29, 0.717) is 43.5 Å². The summed E-state index contributed by atoms with van der Waals surface area (Å²) in [6.45, 7) is 5.57. The normalized spacial score (nSPS) is 20.6. The average Bonchev–Trinajstić information content (AvgIpc) is 3.22. The Kier molecular flexibility index (Phi) is 6.91. The first kappa shape index (κ1) is 22.8. The van der Waals surface area contributed by atoms with Crippen LogP contribution in [0.1, 0.15) is 31.7 Å². The molecule has 0 spiro atoms. The Bertz CT molecular complexity index is 1040. The molecule has 0 saturated carbocycles. The van der Waals surface area contributed by atoms with Gasteiger partial charge >= 0.3 is 0 Å². The molecule has 8 heteroatoms. The van der Waals surface area contributed by atoms with Crippen LogP contribution in [0.5, 0.6) is 5.75 Å². The second-order valence-corrected chi connectivity index (χ2v) is 8.59. The number of rotatable bonds is 6. The highest BCUT2D eigenvalue weighted by Crippen LogP contribution is 2.34. The molecule has 0 radical (unpaired) electrons. The number of carbonyl (C=O) groups excluding carboxylic acids is 3. The van der Waals surface area contributed by atoms with E-state index in [2.05, 4.69) is 10.3 Å². The Balaban J connectivity index is 1.40. The Morgan fingerprint density at radius 1 is 1.15 bits per heavy atom. The number of hydrogen-bond acceptors (Lipinski definition) is 5. The van der Waals surface area contributed by atoms with E-state index in [9.17, 15) is 14.4 Å². The van der Waals surface area contributed by atoms with Gasteiger partial charge in [0.25, 0.3) is 0 Å². The third-order valence-electron chi connectivity index (χ3n) is 6.29. The van der Waals surface area contributed by atoms with Crippen molar-refractivity contribution in [3.8, 4) is 5.75 Å². The minimum Gasteiger partial charge on any atom is -0.492 e. The van der Waals surface area contributed by atoms with Crippen LogP contribution in [0.15, 0.2) is 42.6 Å². The van der Waals surface area contributed by atoms with E-state index < -0.39 is 5.92 Å². The van der Waals surface area contributed by atoms with E-state index in [1.54, 1.807) is 16.0 Å². The number of aryl methyl sites for hydroxylation is 1. The lowest BCUT2D eigenvalue weighted by molar-refractivity contribution is -0.138. The van der Waals surface area contributed by atoms with Gasteiger partial charge in [-0.25, -0.2) is 4.98 Å². The highest BCUT2D eigenvalue weighted by Gasteiger charge is 2.40. The van der Waals surface area contributed by atoms with Gasteiger partial charge in [-0.15, -0.1) is 0 Å². The lowest BCUT2D eigenvalue weighted by Gasteiger charge is -2.33. The quantitative estimate of drug-likeness (QED) is 0.731. The van der Waals surface area contributed by atoms with Crippen LogP contribution in [0.2, 0.25) is 0 Å². The lowest BCUT2D eigenvalue weighted by Crippen LogP contribution is -2.46. The Morgan fingerprint density at radius 2 is 1.97 bits per heavy atom. The summed E-state index contributed by atoms with van der Waals surface area (Å²) in [7, 11) is 0. The molecule has 33 heavy (non-hydrogen) atoms. The van der Waals surface area contributed by atoms with Gasteiger partial charge in [0, 0.05) is 32.3 Å². The zero-order valence-corrected chi connectivity index (χ0v) is 19.1. The third-order valence-corrected chi connectivity index (χ3v) is 6.29. The molecule has 4 rings (SSSR count). The van der Waals surface area contributed by atoms with Crippen LogP contribution in [0.4, 0.5) is 11.5 Å². The molecule has 1 aromatic carbocycles. The maximum absolute atomic E-state index is 13.3. The van der Waals surface area contributed by atoms with Crippen LogP contribution in [0.3, 0.4) is 0 Å². The molecule has 1 N–H and O–H groups in total. The fraction of sp³-hybridized carbons (Fsp3) is 0.440. The zero-order valence-electron chi connectivity index (χ0n) is 19.1. The number of benzene rings is 1. The van der Waals surface area contributed by atoms with Crippen LogP contribution in [0.25, 0.3) is 0 Å². The van der Waals surface area contributed by atoms with E-state index in [0.717, 1.165) is 18.4 Å². The van der Waals surface area contributed by atoms with Crippen molar-refractivity contribution in [3.63, 3.8) is 0 Å². The molecule has 2 unspecified atom stereocenters. The molecular weight excluding hydrogens is 420 g/mol. The fourth-order valence-electron chi connectivity index (χ4n) is 4.55. The molecule has 2 atom stereocenters. The van der Waals surface area contributed by atoms with E-state index >= 15 is 0 Å². The van der Waals surface area contributed by atoms with Gasteiger partial charge in [0.15, 0.2) is 0 Å². The minimum atomic E-state index is -0.424. The predicted molar refractivity (Wildman–Crippen MR) is 125 cm³/mol. The number of anilines is 2. The van der Waals surface area contributed by atoms with Gasteiger partial charge in [-0.3, -0.25) is 14.4 Å². The van der Waals surface area contributed by atoms with Crippen LogP contribution in [-0.4, -0.2) is 53.8 Å². The summed E-state index contributed by atoms with van der Waals surface area (Å²) in [6, 6.07) is 11.1. The van der Waals surface area contributed by atoms with Crippen LogP contribution in [0, 0.1) is 18.8 Å². The number of nitrogens with zero attached hydrogens (tertiary/aromatic N) is 3. The van der Waals surface area contributed by atoms with E-state index in [1.807, 2.05) is 50.2 Å². The Morgan fingerprint density at radius 3 is 2.76 bits per heavy atom. The van der Waals surface area contributed by atoms with Crippen LogP contribution >= 0.6 is 0 Å². The predicted octanol–water partition coefficient (Wildman–Crippen LogP) is 3.02. The van der Waals surface area contributed by atoms with Gasteiger partial charge in [0.2, 0.25) is 17.7 Å². The summed E-state index contributed by atoms with van der Waals surface area (Å²) in [5.74, 6) is 0.202. The molecule has 8 nitrogen and oxygen atoms in total. The summed E-state index contributed by atoms with van der Waals surface area (Å²) in [5.41, 5.74) is 1.59. The molecule has 2 fully saturated rings. The molecule has 0 bridgehead atoms. The number of ether oxygens (including phenoxy) is 1. The smallest absolute Gasteiger partial charge is 0.230 e. The highest BCUT2D eigenvalue weighted by molar-refractivity contribution is 6.01. The first-order chi connectivity index (χ1) is 16.0. The molecular formula is C25H30N4O4. The second kappa shape index (κ2) is 10.0. The van der Waals surface area contributed by atoms with Gasteiger partial charge in [0.05, 0.1) is 24.1 Å². The summed E-state index contributed by atoms with van der Waals surface area (Å²) in [4.78, 5) is 46.5. The second-order valence-electron chi connectivity index (χ2n) is 8.59. The molecule has 3 heterocycles. The third kappa shape index (κ3) is 4.99. The van der Waals surface area contributed by atoms with Crippen molar-refractivity contribution in [2.45, 2.75) is 33.1 Å². The van der Waals surface area contributed by atoms with Gasteiger partial charge in [0.1, 0.15) is 11.6 Å². The van der Waals surface area contributed by atoms with E-state index in [1.165, 1.54) is 0 Å². The summed E-state index contributed by atoms with van der Waals surface area (Å²) < 4.78 is 5.67. The van der Waals surface area contributed by atoms with Crippen molar-refractivity contribution in [2.24, 2.45) is 11.8 Å². The van der Waals surface area contributed by atoms with Crippen molar-refractivity contribution in [2.75, 3.05) is 36.5 Å². The summed E-state index contributed by atoms with van der Waals surface area (Å²) >= 11 is 0. The number of carbonyl (C=O) groups is 3. The van der Waals surface area contributed by atoms with E-state index in [-0.39, 0.29) is 30.1 Å². The Labute approximate surface area is 193 Å². The maximum Gasteiger partial charge on any atom is 0.230 e. The molecule has 2 aliphatic rings. The van der Waals surface area contributed by atoms with E-state index in [4.69, 9.17) is 4.74 Å². The van der Waals surface area contributed by atoms with Crippen molar-refractivity contribution >= 4 is 29.2 Å². The highest BCUT2D eigenvalue weighted by atomic mass is 16.5. The summed E-state index contributed by atoms with van der Waals surface area (Å²) in [6.07, 6.45) is 3.28. The van der Waals surface area contributed by atoms with Gasteiger partial charge in [-0.1, -0.05) is 18.2 Å².